The molecule has 17 heavy (non-hydrogen) atoms. The molecule has 0 fully saturated rings. The number of carbonyl (C=O) groups excluding carboxylic acids is 1. The van der Waals surface area contributed by atoms with Crippen molar-refractivity contribution in [2.45, 2.75) is 10.9 Å². The van der Waals surface area contributed by atoms with Crippen molar-refractivity contribution >= 4 is 23.6 Å². The summed E-state index contributed by atoms with van der Waals surface area (Å²) < 4.78 is 0. The van der Waals surface area contributed by atoms with E-state index >= 15 is 0 Å². The number of amides is 1. The molecule has 88 valence electrons. The number of rotatable bonds is 4. The fourth-order valence-corrected chi connectivity index (χ4v) is 2.00. The second-order valence-corrected chi connectivity index (χ2v) is 4.30. The van der Waals surface area contributed by atoms with Crippen molar-refractivity contribution in [2.75, 3.05) is 5.73 Å². The molecule has 7 heteroatoms. The minimum Gasteiger partial charge on any atom is -0.368 e. The van der Waals surface area contributed by atoms with Gasteiger partial charge < -0.3 is 11.5 Å². The van der Waals surface area contributed by atoms with Crippen molar-refractivity contribution in [1.29, 1.82) is 0 Å². The molecule has 1 aromatic heterocycles. The second kappa shape index (κ2) is 4.88. The first-order valence-electron chi connectivity index (χ1n) is 4.84. The number of nitrogens with two attached hydrogens (primary N) is 2. The van der Waals surface area contributed by atoms with Crippen molar-refractivity contribution in [3.8, 4) is 0 Å². The van der Waals surface area contributed by atoms with Crippen LogP contribution in [0, 0.1) is 0 Å². The largest absolute Gasteiger partial charge is 0.368 e. The average Bonchev–Trinajstić information content (AvgIpc) is 2.73. The fourth-order valence-electron chi connectivity index (χ4n) is 1.24. The first-order chi connectivity index (χ1) is 8.15. The van der Waals surface area contributed by atoms with Gasteiger partial charge in [0.05, 0.1) is 0 Å². The molecule has 6 nitrogen and oxygen atoms in total. The number of hydrogen-bond donors (Lipinski definition) is 3. The average molecular weight is 249 g/mol. The smallest absolute Gasteiger partial charge is 0.248 e. The van der Waals surface area contributed by atoms with Crippen LogP contribution in [0.15, 0.2) is 29.4 Å². The Kier molecular flexibility index (Phi) is 3.29. The lowest BCUT2D eigenvalue weighted by Gasteiger charge is -1.99. The third-order valence-corrected chi connectivity index (χ3v) is 3.01. The highest BCUT2D eigenvalue weighted by Gasteiger charge is 2.03. The van der Waals surface area contributed by atoms with E-state index in [0.29, 0.717) is 22.4 Å². The Balaban J connectivity index is 1.97. The summed E-state index contributed by atoms with van der Waals surface area (Å²) in [6.07, 6.45) is 0. The zero-order valence-corrected chi connectivity index (χ0v) is 9.70. The molecule has 1 aromatic carbocycles. The van der Waals surface area contributed by atoms with E-state index in [2.05, 4.69) is 15.2 Å². The lowest BCUT2D eigenvalue weighted by Crippen LogP contribution is -2.10. The molecule has 0 aliphatic heterocycles. The van der Waals surface area contributed by atoms with E-state index in [9.17, 15) is 4.79 Å². The van der Waals surface area contributed by atoms with Crippen LogP contribution in [0.4, 0.5) is 5.95 Å². The van der Waals surface area contributed by atoms with E-state index in [1.165, 1.54) is 11.8 Å². The molecular formula is C10H11N5OS. The van der Waals surface area contributed by atoms with E-state index in [0.717, 1.165) is 5.56 Å². The summed E-state index contributed by atoms with van der Waals surface area (Å²) in [5.41, 5.74) is 12.1. The number of nitrogens with one attached hydrogen (secondary N) is 1. The summed E-state index contributed by atoms with van der Waals surface area (Å²) in [4.78, 5) is 14.8. The van der Waals surface area contributed by atoms with Crippen LogP contribution in [0.5, 0.6) is 0 Å². The van der Waals surface area contributed by atoms with Gasteiger partial charge in [-0.2, -0.15) is 4.98 Å². The van der Waals surface area contributed by atoms with Gasteiger partial charge in [-0.05, 0) is 17.7 Å². The van der Waals surface area contributed by atoms with Crippen molar-refractivity contribution < 1.29 is 4.79 Å². The molecule has 0 saturated carbocycles. The van der Waals surface area contributed by atoms with Gasteiger partial charge in [-0.15, -0.1) is 5.10 Å². The van der Waals surface area contributed by atoms with Gasteiger partial charge in [0, 0.05) is 11.3 Å². The predicted octanol–water partition coefficient (Wildman–Crippen LogP) is 0.778. The van der Waals surface area contributed by atoms with E-state index in [1.54, 1.807) is 12.1 Å². The molecule has 0 unspecified atom stereocenters. The van der Waals surface area contributed by atoms with Crippen LogP contribution in [0.25, 0.3) is 0 Å². The zero-order chi connectivity index (χ0) is 12.3. The fraction of sp³-hybridized carbons (Fsp3) is 0.100. The third-order valence-electron chi connectivity index (χ3n) is 2.09. The number of H-pyrrole nitrogens is 1. The first-order valence-corrected chi connectivity index (χ1v) is 5.83. The maximum absolute atomic E-state index is 10.9. The van der Waals surface area contributed by atoms with Gasteiger partial charge in [-0.1, -0.05) is 23.9 Å². The molecule has 0 aliphatic rings. The summed E-state index contributed by atoms with van der Waals surface area (Å²) in [5, 5.41) is 7.07. The Morgan fingerprint density at radius 1 is 1.35 bits per heavy atom. The third kappa shape index (κ3) is 2.97. The maximum atomic E-state index is 10.9. The summed E-state index contributed by atoms with van der Waals surface area (Å²) >= 11 is 1.46. The van der Waals surface area contributed by atoms with E-state index in [-0.39, 0.29) is 0 Å². The Morgan fingerprint density at radius 2 is 2.06 bits per heavy atom. The summed E-state index contributed by atoms with van der Waals surface area (Å²) in [6, 6.07) is 7.10. The van der Waals surface area contributed by atoms with E-state index < -0.39 is 5.91 Å². The van der Waals surface area contributed by atoms with Crippen LogP contribution in [0.3, 0.4) is 0 Å². The number of hydrogen-bond acceptors (Lipinski definition) is 5. The molecule has 1 amide bonds. The van der Waals surface area contributed by atoms with Gasteiger partial charge in [0.1, 0.15) is 0 Å². The number of benzene rings is 1. The Labute approximate surface area is 102 Å². The number of primary amides is 1. The number of nitrogen functional groups attached to an aromatic ring is 1. The molecule has 0 atom stereocenters. The normalized spacial score (nSPS) is 10.4. The van der Waals surface area contributed by atoms with Crippen molar-refractivity contribution in [3.63, 3.8) is 0 Å². The molecule has 0 radical (unpaired) electrons. The highest BCUT2D eigenvalue weighted by molar-refractivity contribution is 7.98. The van der Waals surface area contributed by atoms with E-state index in [4.69, 9.17) is 11.5 Å². The predicted molar refractivity (Wildman–Crippen MR) is 65.3 cm³/mol. The zero-order valence-electron chi connectivity index (χ0n) is 8.88. The van der Waals surface area contributed by atoms with Crippen LogP contribution in [-0.4, -0.2) is 21.1 Å². The first kappa shape index (κ1) is 11.5. The molecule has 0 aliphatic carbocycles. The Morgan fingerprint density at radius 3 is 2.59 bits per heavy atom. The number of aromatic amines is 1. The van der Waals surface area contributed by atoms with Gasteiger partial charge in [0.25, 0.3) is 0 Å². The number of nitrogens with zero attached hydrogens (tertiary/aromatic N) is 2. The van der Waals surface area contributed by atoms with Crippen molar-refractivity contribution in [2.24, 2.45) is 5.73 Å². The van der Waals surface area contributed by atoms with Crippen LogP contribution in [0.2, 0.25) is 0 Å². The molecule has 0 bridgehead atoms. The second-order valence-electron chi connectivity index (χ2n) is 3.35. The minimum atomic E-state index is -0.425. The van der Waals surface area contributed by atoms with Gasteiger partial charge in [0.2, 0.25) is 17.0 Å². The molecule has 2 rings (SSSR count). The minimum absolute atomic E-state index is 0.302. The number of anilines is 1. The van der Waals surface area contributed by atoms with Gasteiger partial charge in [-0.25, -0.2) is 5.10 Å². The lowest BCUT2D eigenvalue weighted by molar-refractivity contribution is 0.100. The summed E-state index contributed by atoms with van der Waals surface area (Å²) in [5.74, 6) is 0.582. The van der Waals surface area contributed by atoms with Crippen molar-refractivity contribution in [3.05, 3.63) is 35.4 Å². The monoisotopic (exact) mass is 249 g/mol. The standard InChI is InChI=1S/C10H11N5OS/c11-8(16)7-3-1-6(2-4-7)5-17-10-13-9(12)14-15-10/h1-4H,5H2,(H2,11,16)(H3,12,13,14,15). The highest BCUT2D eigenvalue weighted by atomic mass is 32.2. The maximum Gasteiger partial charge on any atom is 0.248 e. The van der Waals surface area contributed by atoms with Crippen molar-refractivity contribution in [1.82, 2.24) is 15.2 Å². The van der Waals surface area contributed by atoms with Gasteiger partial charge >= 0.3 is 0 Å². The Bertz CT molecular complexity index is 522. The number of thioether (sulfide) groups is 1. The lowest BCUT2D eigenvalue weighted by atomic mass is 10.1. The summed E-state index contributed by atoms with van der Waals surface area (Å²) in [7, 11) is 0. The van der Waals surface area contributed by atoms with Crippen LogP contribution >= 0.6 is 11.8 Å². The molecular weight excluding hydrogens is 238 g/mol. The van der Waals surface area contributed by atoms with Gasteiger partial charge in [-0.3, -0.25) is 4.79 Å². The number of carbonyl (C=O) groups is 1. The van der Waals surface area contributed by atoms with Crippen LogP contribution < -0.4 is 11.5 Å². The SMILES string of the molecule is NC(=O)c1ccc(CSc2n[nH]c(N)n2)cc1. The molecule has 0 spiro atoms. The molecule has 2 aromatic rings. The topological polar surface area (TPSA) is 111 Å². The van der Waals surface area contributed by atoms with Crippen LogP contribution in [-0.2, 0) is 5.75 Å². The highest BCUT2D eigenvalue weighted by Crippen LogP contribution is 2.19. The van der Waals surface area contributed by atoms with Crippen LogP contribution in [0.1, 0.15) is 15.9 Å². The van der Waals surface area contributed by atoms with E-state index in [1.807, 2.05) is 12.1 Å². The Hall–Kier alpha value is -2.02. The molecule has 1 heterocycles. The quantitative estimate of drug-likeness (QED) is 0.693. The molecule has 5 N–H and O–H groups in total. The van der Waals surface area contributed by atoms with Gasteiger partial charge in [0.15, 0.2) is 0 Å². The number of aromatic nitrogens is 3. The summed E-state index contributed by atoms with van der Waals surface area (Å²) in [6.45, 7) is 0. The molecule has 0 saturated heterocycles.